The lowest BCUT2D eigenvalue weighted by molar-refractivity contribution is 0.102. The second-order valence-corrected chi connectivity index (χ2v) is 8.49. The number of carbonyl (C=O) groups excluding carboxylic acids is 1. The Hall–Kier alpha value is -2.56. The van der Waals surface area contributed by atoms with Crippen LogP contribution in [0.3, 0.4) is 0 Å². The summed E-state index contributed by atoms with van der Waals surface area (Å²) in [5.41, 5.74) is 0.480. The summed E-state index contributed by atoms with van der Waals surface area (Å²) in [7, 11) is -2.26. The highest BCUT2D eigenvalue weighted by Gasteiger charge is 2.22. The molecule has 1 amide bonds. The Morgan fingerprint density at radius 2 is 2.00 bits per heavy atom. The fourth-order valence-corrected chi connectivity index (χ4v) is 4.31. The fraction of sp³-hybridized carbons (Fsp3) is 0.263. The highest BCUT2D eigenvalue weighted by molar-refractivity contribution is 7.91. The molecule has 2 rings (SSSR count). The Kier molecular flexibility index (Phi) is 6.83. The van der Waals surface area contributed by atoms with Gasteiger partial charge in [0.15, 0.2) is 9.84 Å². The number of rotatable bonds is 7. The lowest BCUT2D eigenvalue weighted by Crippen LogP contribution is -2.17. The van der Waals surface area contributed by atoms with Crippen molar-refractivity contribution in [2.75, 3.05) is 18.2 Å². The van der Waals surface area contributed by atoms with Crippen molar-refractivity contribution in [3.05, 3.63) is 53.1 Å². The zero-order chi connectivity index (χ0) is 20.0. The topological polar surface area (TPSA) is 96.3 Å². The van der Waals surface area contributed by atoms with Crippen molar-refractivity contribution in [3.63, 3.8) is 0 Å². The van der Waals surface area contributed by atoms with Crippen LogP contribution in [0.15, 0.2) is 47.4 Å². The van der Waals surface area contributed by atoms with Crippen molar-refractivity contribution < 1.29 is 17.9 Å². The molecule has 2 aromatic rings. The first-order chi connectivity index (χ1) is 12.8. The molecule has 0 saturated carbocycles. The van der Waals surface area contributed by atoms with Gasteiger partial charge in [-0.25, -0.2) is 8.42 Å². The summed E-state index contributed by atoms with van der Waals surface area (Å²) in [6.45, 7) is 1.69. The predicted molar refractivity (Wildman–Crippen MR) is 104 cm³/mol. The molecule has 8 heteroatoms. The van der Waals surface area contributed by atoms with Gasteiger partial charge in [0.2, 0.25) is 0 Å². The number of methoxy groups -OCH3 is 1. The van der Waals surface area contributed by atoms with Crippen LogP contribution in [0, 0.1) is 17.2 Å². The average molecular weight is 407 g/mol. The van der Waals surface area contributed by atoms with Gasteiger partial charge < -0.3 is 10.1 Å². The van der Waals surface area contributed by atoms with Crippen LogP contribution >= 0.6 is 11.6 Å². The SMILES string of the molecule is COc1ccc(S(=O)(=O)C[C@@H](C)CC#N)cc1C(=O)Nc1ccccc1Cl. The summed E-state index contributed by atoms with van der Waals surface area (Å²) in [6, 6.07) is 12.8. The van der Waals surface area contributed by atoms with Gasteiger partial charge in [0.05, 0.1) is 40.1 Å². The Morgan fingerprint density at radius 1 is 1.30 bits per heavy atom. The monoisotopic (exact) mass is 406 g/mol. The maximum atomic E-state index is 12.7. The highest BCUT2D eigenvalue weighted by atomic mass is 35.5. The maximum absolute atomic E-state index is 12.7. The van der Waals surface area contributed by atoms with Gasteiger partial charge in [-0.05, 0) is 36.2 Å². The minimum atomic E-state index is -3.66. The van der Waals surface area contributed by atoms with Gasteiger partial charge in [0.25, 0.3) is 5.91 Å². The number of benzene rings is 2. The number of ether oxygens (including phenoxy) is 1. The maximum Gasteiger partial charge on any atom is 0.259 e. The molecule has 0 heterocycles. The van der Waals surface area contributed by atoms with Gasteiger partial charge in [-0.15, -0.1) is 0 Å². The molecule has 0 aliphatic rings. The van der Waals surface area contributed by atoms with E-state index in [1.165, 1.54) is 25.3 Å². The number of nitrogens with zero attached hydrogens (tertiary/aromatic N) is 1. The number of amides is 1. The lowest BCUT2D eigenvalue weighted by atomic mass is 10.1. The van der Waals surface area contributed by atoms with Crippen molar-refractivity contribution in [2.45, 2.75) is 18.2 Å². The molecular weight excluding hydrogens is 388 g/mol. The number of sulfone groups is 1. The van der Waals surface area contributed by atoms with Gasteiger partial charge in [-0.2, -0.15) is 5.26 Å². The van der Waals surface area contributed by atoms with Gasteiger partial charge in [-0.1, -0.05) is 30.7 Å². The molecule has 0 bridgehead atoms. The minimum Gasteiger partial charge on any atom is -0.496 e. The molecule has 0 saturated heterocycles. The number of nitrogens with one attached hydrogen (secondary N) is 1. The number of hydrogen-bond acceptors (Lipinski definition) is 5. The zero-order valence-electron chi connectivity index (χ0n) is 14.9. The number of anilines is 1. The van der Waals surface area contributed by atoms with E-state index in [4.69, 9.17) is 21.6 Å². The Morgan fingerprint density at radius 3 is 2.63 bits per heavy atom. The average Bonchev–Trinajstić information content (AvgIpc) is 2.62. The molecule has 0 aliphatic heterocycles. The van der Waals surface area contributed by atoms with Crippen molar-refractivity contribution in [1.82, 2.24) is 0 Å². The predicted octanol–water partition coefficient (Wildman–Crippen LogP) is 3.92. The molecule has 0 radical (unpaired) electrons. The first kappa shape index (κ1) is 20.7. The third kappa shape index (κ3) is 5.22. The Balaban J connectivity index is 2.36. The largest absolute Gasteiger partial charge is 0.496 e. The standard InChI is InChI=1S/C19H19ClN2O4S/c1-13(9-10-21)12-27(24,25)14-7-8-18(26-2)15(11-14)19(23)22-17-6-4-3-5-16(17)20/h3-8,11,13H,9,12H2,1-2H3,(H,22,23)/t13-/m0/s1. The summed E-state index contributed by atoms with van der Waals surface area (Å²) in [6.07, 6.45) is 0.134. The molecule has 0 fully saturated rings. The van der Waals surface area contributed by atoms with Gasteiger partial charge in [-0.3, -0.25) is 4.79 Å². The van der Waals surface area contributed by atoms with Crippen molar-refractivity contribution >= 4 is 33.0 Å². The van der Waals surface area contributed by atoms with E-state index in [0.29, 0.717) is 10.7 Å². The summed E-state index contributed by atoms with van der Waals surface area (Å²) < 4.78 is 30.4. The van der Waals surface area contributed by atoms with Gasteiger partial charge >= 0.3 is 0 Å². The molecule has 1 N–H and O–H groups in total. The first-order valence-electron chi connectivity index (χ1n) is 8.12. The van der Waals surface area contributed by atoms with E-state index in [1.54, 1.807) is 31.2 Å². The number of nitriles is 1. The number of para-hydroxylation sites is 1. The van der Waals surface area contributed by atoms with Gasteiger partial charge in [0, 0.05) is 6.42 Å². The Bertz CT molecular complexity index is 983. The van der Waals surface area contributed by atoms with E-state index in [-0.39, 0.29) is 34.3 Å². The molecule has 0 aliphatic carbocycles. The molecule has 2 aromatic carbocycles. The van der Waals surface area contributed by atoms with Crippen LogP contribution in [0.1, 0.15) is 23.7 Å². The quantitative estimate of drug-likeness (QED) is 0.751. The molecule has 0 spiro atoms. The summed E-state index contributed by atoms with van der Waals surface area (Å²) in [4.78, 5) is 12.7. The summed E-state index contributed by atoms with van der Waals surface area (Å²) in [5, 5.41) is 11.7. The lowest BCUT2D eigenvalue weighted by Gasteiger charge is -2.13. The van der Waals surface area contributed by atoms with E-state index in [9.17, 15) is 13.2 Å². The number of hydrogen-bond donors (Lipinski definition) is 1. The number of carbonyl (C=O) groups is 1. The first-order valence-corrected chi connectivity index (χ1v) is 10.1. The van der Waals surface area contributed by atoms with Crippen LogP contribution in [0.5, 0.6) is 5.75 Å². The molecule has 27 heavy (non-hydrogen) atoms. The van der Waals surface area contributed by atoms with Crippen LogP contribution < -0.4 is 10.1 Å². The normalized spacial score (nSPS) is 12.1. The van der Waals surface area contributed by atoms with Crippen LogP contribution in [-0.2, 0) is 9.84 Å². The van der Waals surface area contributed by atoms with E-state index in [0.717, 1.165) is 0 Å². The highest BCUT2D eigenvalue weighted by Crippen LogP contribution is 2.27. The second-order valence-electron chi connectivity index (χ2n) is 6.04. The van der Waals surface area contributed by atoms with Crippen molar-refractivity contribution in [1.29, 1.82) is 5.26 Å². The van der Waals surface area contributed by atoms with E-state index < -0.39 is 15.7 Å². The third-order valence-corrected chi connectivity index (χ3v) is 6.15. The van der Waals surface area contributed by atoms with Gasteiger partial charge in [0.1, 0.15) is 5.75 Å². The molecule has 0 unspecified atom stereocenters. The smallest absolute Gasteiger partial charge is 0.259 e. The minimum absolute atomic E-state index is 0.00241. The van der Waals surface area contributed by atoms with Crippen molar-refractivity contribution in [3.8, 4) is 11.8 Å². The summed E-state index contributed by atoms with van der Waals surface area (Å²) in [5.74, 6) is -0.800. The third-order valence-electron chi connectivity index (χ3n) is 3.84. The second kappa shape index (κ2) is 8.89. The molecular formula is C19H19ClN2O4S. The zero-order valence-corrected chi connectivity index (χ0v) is 16.5. The van der Waals surface area contributed by atoms with E-state index in [1.807, 2.05) is 6.07 Å². The molecule has 1 atom stereocenters. The van der Waals surface area contributed by atoms with Crippen LogP contribution in [0.4, 0.5) is 5.69 Å². The van der Waals surface area contributed by atoms with Crippen LogP contribution in [0.25, 0.3) is 0 Å². The Labute approximate surface area is 163 Å². The van der Waals surface area contributed by atoms with Crippen LogP contribution in [0.2, 0.25) is 5.02 Å². The van der Waals surface area contributed by atoms with E-state index >= 15 is 0 Å². The number of halogens is 1. The van der Waals surface area contributed by atoms with Crippen molar-refractivity contribution in [2.24, 2.45) is 5.92 Å². The van der Waals surface area contributed by atoms with Crippen LogP contribution in [-0.4, -0.2) is 27.2 Å². The molecule has 6 nitrogen and oxygen atoms in total. The molecule has 142 valence electrons. The fourth-order valence-electron chi connectivity index (χ4n) is 2.50. The molecule has 0 aromatic heterocycles. The summed E-state index contributed by atoms with van der Waals surface area (Å²) >= 11 is 6.05. The van der Waals surface area contributed by atoms with E-state index in [2.05, 4.69) is 5.32 Å².